The van der Waals surface area contributed by atoms with Gasteiger partial charge in [0, 0.05) is 16.3 Å². The monoisotopic (exact) mass is 481 g/mol. The van der Waals surface area contributed by atoms with E-state index in [1.54, 1.807) is 67.8 Å². The van der Waals surface area contributed by atoms with Gasteiger partial charge < -0.3 is 19.5 Å². The number of hydrogen-bond acceptors (Lipinski definition) is 6. The van der Waals surface area contributed by atoms with Crippen molar-refractivity contribution >= 4 is 35.3 Å². The second-order valence-electron chi connectivity index (χ2n) is 7.09. The first-order valence-electron chi connectivity index (χ1n) is 10.2. The minimum absolute atomic E-state index is 0.240. The maximum atomic E-state index is 12.5. The largest absolute Gasteiger partial charge is 0.493 e. The van der Waals surface area contributed by atoms with E-state index >= 15 is 0 Å². The van der Waals surface area contributed by atoms with E-state index in [2.05, 4.69) is 15.8 Å². The van der Waals surface area contributed by atoms with E-state index in [9.17, 15) is 9.59 Å². The van der Waals surface area contributed by atoms with Crippen molar-refractivity contribution in [3.05, 3.63) is 82.4 Å². The highest BCUT2D eigenvalue weighted by Gasteiger charge is 2.10. The zero-order valence-electron chi connectivity index (χ0n) is 18.9. The molecule has 0 aliphatic carbocycles. The van der Waals surface area contributed by atoms with Gasteiger partial charge in [0.1, 0.15) is 5.75 Å². The van der Waals surface area contributed by atoms with E-state index in [1.165, 1.54) is 13.3 Å². The van der Waals surface area contributed by atoms with Gasteiger partial charge in [-0.2, -0.15) is 5.10 Å². The Balaban J connectivity index is 1.49. The molecule has 0 spiro atoms. The highest BCUT2D eigenvalue weighted by atomic mass is 35.5. The highest BCUT2D eigenvalue weighted by molar-refractivity contribution is 6.31. The number of carbonyl (C=O) groups is 2. The summed E-state index contributed by atoms with van der Waals surface area (Å²) in [6.45, 7) is 1.59. The maximum Gasteiger partial charge on any atom is 0.277 e. The van der Waals surface area contributed by atoms with Crippen LogP contribution in [-0.2, 0) is 4.79 Å². The van der Waals surface area contributed by atoms with Gasteiger partial charge in [-0.05, 0) is 72.6 Å². The quantitative estimate of drug-likeness (QED) is 0.347. The van der Waals surface area contributed by atoms with Crippen LogP contribution in [0, 0.1) is 6.92 Å². The smallest absolute Gasteiger partial charge is 0.277 e. The van der Waals surface area contributed by atoms with Crippen LogP contribution in [0.25, 0.3) is 0 Å². The molecule has 0 saturated heterocycles. The second-order valence-corrected chi connectivity index (χ2v) is 7.49. The lowest BCUT2D eigenvalue weighted by atomic mass is 10.1. The predicted molar refractivity (Wildman–Crippen MR) is 131 cm³/mol. The molecule has 0 unspecified atom stereocenters. The molecule has 0 radical (unpaired) electrons. The molecule has 9 heteroatoms. The Kier molecular flexibility index (Phi) is 8.48. The van der Waals surface area contributed by atoms with Crippen molar-refractivity contribution in [3.63, 3.8) is 0 Å². The van der Waals surface area contributed by atoms with Crippen molar-refractivity contribution in [3.8, 4) is 17.2 Å². The Labute approximate surface area is 202 Å². The fourth-order valence-corrected chi connectivity index (χ4v) is 3.11. The first-order chi connectivity index (χ1) is 16.4. The number of halogens is 1. The Morgan fingerprint density at radius 1 is 1.00 bits per heavy atom. The summed E-state index contributed by atoms with van der Waals surface area (Å²) in [4.78, 5) is 24.5. The Morgan fingerprint density at radius 2 is 1.74 bits per heavy atom. The summed E-state index contributed by atoms with van der Waals surface area (Å²) in [5.41, 5.74) is 4.99. The topological polar surface area (TPSA) is 98.3 Å². The third-order valence-corrected chi connectivity index (χ3v) is 5.22. The van der Waals surface area contributed by atoms with Crippen LogP contribution < -0.4 is 25.0 Å². The molecule has 0 aromatic heterocycles. The number of hydrazone groups is 1. The molecule has 3 aromatic carbocycles. The Morgan fingerprint density at radius 3 is 2.44 bits per heavy atom. The molecule has 0 fully saturated rings. The van der Waals surface area contributed by atoms with Crippen molar-refractivity contribution in [2.24, 2.45) is 5.10 Å². The fraction of sp³-hybridized carbons (Fsp3) is 0.160. The Hall–Kier alpha value is -4.04. The van der Waals surface area contributed by atoms with Gasteiger partial charge in [-0.25, -0.2) is 5.43 Å². The molecule has 3 aromatic rings. The molecule has 0 saturated carbocycles. The molecular formula is C25H24ClN3O5. The summed E-state index contributed by atoms with van der Waals surface area (Å²) in [5.74, 6) is 0.879. The van der Waals surface area contributed by atoms with Crippen LogP contribution in [0.3, 0.4) is 0 Å². The number of methoxy groups -OCH3 is 2. The van der Waals surface area contributed by atoms with Gasteiger partial charge >= 0.3 is 0 Å². The number of benzene rings is 3. The van der Waals surface area contributed by atoms with Gasteiger partial charge in [0.15, 0.2) is 18.1 Å². The van der Waals surface area contributed by atoms with E-state index in [-0.39, 0.29) is 12.5 Å². The number of anilines is 1. The number of amides is 2. The number of hydrogen-bond donors (Lipinski definition) is 2. The summed E-state index contributed by atoms with van der Waals surface area (Å²) in [6.07, 6.45) is 1.48. The first-order valence-corrected chi connectivity index (χ1v) is 10.6. The van der Waals surface area contributed by atoms with E-state index in [4.69, 9.17) is 25.8 Å². The molecule has 8 nitrogen and oxygen atoms in total. The molecule has 2 N–H and O–H groups in total. The van der Waals surface area contributed by atoms with Crippen molar-refractivity contribution in [2.45, 2.75) is 6.92 Å². The molecular weight excluding hydrogens is 458 g/mol. The highest BCUT2D eigenvalue weighted by Crippen LogP contribution is 2.27. The normalized spacial score (nSPS) is 10.6. The van der Waals surface area contributed by atoms with Gasteiger partial charge in [-0.3, -0.25) is 9.59 Å². The van der Waals surface area contributed by atoms with Gasteiger partial charge in [0.2, 0.25) is 0 Å². The molecule has 3 rings (SSSR count). The van der Waals surface area contributed by atoms with Crippen LogP contribution in [0.4, 0.5) is 5.69 Å². The summed E-state index contributed by atoms with van der Waals surface area (Å²) in [7, 11) is 3.09. The van der Waals surface area contributed by atoms with Crippen molar-refractivity contribution in [1.82, 2.24) is 5.43 Å². The van der Waals surface area contributed by atoms with Gasteiger partial charge in [-0.15, -0.1) is 0 Å². The van der Waals surface area contributed by atoms with E-state index < -0.39 is 5.91 Å². The van der Waals surface area contributed by atoms with Crippen LogP contribution in [-0.4, -0.2) is 38.9 Å². The summed E-state index contributed by atoms with van der Waals surface area (Å²) < 4.78 is 15.9. The van der Waals surface area contributed by atoms with Gasteiger partial charge in [0.25, 0.3) is 11.8 Å². The lowest BCUT2D eigenvalue weighted by Gasteiger charge is -2.10. The minimum atomic E-state index is -0.435. The molecule has 0 heterocycles. The lowest BCUT2D eigenvalue weighted by molar-refractivity contribution is -0.123. The van der Waals surface area contributed by atoms with Crippen molar-refractivity contribution in [1.29, 1.82) is 0 Å². The van der Waals surface area contributed by atoms with Gasteiger partial charge in [0.05, 0.1) is 20.4 Å². The predicted octanol–water partition coefficient (Wildman–Crippen LogP) is 4.45. The Bertz CT molecular complexity index is 1200. The zero-order chi connectivity index (χ0) is 24.5. The average Bonchev–Trinajstić information content (AvgIpc) is 2.85. The summed E-state index contributed by atoms with van der Waals surface area (Å²) in [5, 5.41) is 7.32. The van der Waals surface area contributed by atoms with Crippen LogP contribution in [0.15, 0.2) is 65.8 Å². The molecule has 176 valence electrons. The second kappa shape index (κ2) is 11.7. The number of rotatable bonds is 9. The number of nitrogens with one attached hydrogen (secondary N) is 2. The van der Waals surface area contributed by atoms with Crippen LogP contribution in [0.5, 0.6) is 17.2 Å². The van der Waals surface area contributed by atoms with E-state index in [1.807, 2.05) is 6.92 Å². The van der Waals surface area contributed by atoms with Crippen molar-refractivity contribution < 1.29 is 23.8 Å². The molecule has 0 bridgehead atoms. The molecule has 2 amide bonds. The number of nitrogens with zero attached hydrogens (tertiary/aromatic N) is 1. The van der Waals surface area contributed by atoms with Crippen LogP contribution in [0.1, 0.15) is 21.5 Å². The average molecular weight is 482 g/mol. The molecule has 0 aliphatic rings. The van der Waals surface area contributed by atoms with E-state index in [0.29, 0.717) is 33.5 Å². The SMILES string of the molecule is COc1ccc(/C=N/NC(=O)COc2ccc(C(=O)Nc3cccc(Cl)c3C)cc2)cc1OC. The first kappa shape index (κ1) is 24.6. The molecule has 0 aliphatic heterocycles. The minimum Gasteiger partial charge on any atom is -0.493 e. The third-order valence-electron chi connectivity index (χ3n) is 4.81. The summed E-state index contributed by atoms with van der Waals surface area (Å²) in [6, 6.07) is 17.0. The number of carbonyl (C=O) groups excluding carboxylic acids is 2. The van der Waals surface area contributed by atoms with Crippen LogP contribution in [0.2, 0.25) is 5.02 Å². The fourth-order valence-electron chi connectivity index (χ4n) is 2.93. The molecule has 0 atom stereocenters. The van der Waals surface area contributed by atoms with Crippen LogP contribution >= 0.6 is 11.6 Å². The zero-order valence-corrected chi connectivity index (χ0v) is 19.7. The lowest BCUT2D eigenvalue weighted by Crippen LogP contribution is -2.24. The maximum absolute atomic E-state index is 12.5. The summed E-state index contributed by atoms with van der Waals surface area (Å²) >= 11 is 6.09. The standard InChI is InChI=1S/C25H24ClN3O5/c1-16-20(26)5-4-6-21(16)28-25(31)18-8-10-19(11-9-18)34-15-24(30)29-27-14-17-7-12-22(32-2)23(13-17)33-3/h4-14H,15H2,1-3H3,(H,28,31)(H,29,30)/b27-14+. The van der Waals surface area contributed by atoms with Gasteiger partial charge in [-0.1, -0.05) is 17.7 Å². The van der Waals surface area contributed by atoms with E-state index in [0.717, 1.165) is 11.1 Å². The third kappa shape index (κ3) is 6.49. The number of ether oxygens (including phenoxy) is 3. The van der Waals surface area contributed by atoms with Crippen molar-refractivity contribution in [2.75, 3.05) is 26.1 Å². The molecule has 34 heavy (non-hydrogen) atoms.